The molecule has 4 N–H and O–H groups in total. The average molecular weight is 865 g/mol. The van der Waals surface area contributed by atoms with Crippen molar-refractivity contribution >= 4 is 45.6 Å². The number of rotatable bonds is 13. The minimum atomic E-state index is -0.797. The van der Waals surface area contributed by atoms with Gasteiger partial charge in [-0.25, -0.2) is 14.8 Å². The van der Waals surface area contributed by atoms with E-state index >= 15 is 0 Å². The molecule has 3 aliphatic rings. The van der Waals surface area contributed by atoms with E-state index in [0.29, 0.717) is 26.1 Å². The SMILES string of the molecule is COC[C@H]1C[C@@H](c2nc3ccc4cc(-c5ccc(-c6cnc([C@@H]7CCCN7C(=O)C(NC(=O)OC)C(C)C)[nH]6)cc5)ccc4c3[nH]2)N(C(=O)[C@H](NC(=O)C2CCC2)c2ccccc2)C1. The van der Waals surface area contributed by atoms with E-state index in [4.69, 9.17) is 19.4 Å². The van der Waals surface area contributed by atoms with Crippen molar-refractivity contribution in [2.24, 2.45) is 17.8 Å². The van der Waals surface area contributed by atoms with Gasteiger partial charge in [0.25, 0.3) is 0 Å². The molecule has 4 heterocycles. The van der Waals surface area contributed by atoms with Gasteiger partial charge in [-0.3, -0.25) is 14.4 Å². The fraction of sp³-hybridized carbons (Fsp3) is 0.400. The number of carbonyl (C=O) groups is 4. The van der Waals surface area contributed by atoms with Crippen LogP contribution in [-0.2, 0) is 23.9 Å². The van der Waals surface area contributed by atoms with E-state index in [9.17, 15) is 19.2 Å². The van der Waals surface area contributed by atoms with Crippen LogP contribution in [0, 0.1) is 17.8 Å². The third kappa shape index (κ3) is 8.46. The topological polar surface area (TPSA) is 175 Å². The molecule has 332 valence electrons. The van der Waals surface area contributed by atoms with Gasteiger partial charge in [0, 0.05) is 37.4 Å². The monoisotopic (exact) mass is 864 g/mol. The fourth-order valence-electron chi connectivity index (χ4n) is 9.67. The molecule has 3 fully saturated rings. The van der Waals surface area contributed by atoms with E-state index in [1.807, 2.05) is 66.2 Å². The molecule has 2 aromatic heterocycles. The number of methoxy groups -OCH3 is 2. The number of nitrogens with one attached hydrogen (secondary N) is 4. The first-order chi connectivity index (χ1) is 31.1. The lowest BCUT2D eigenvalue weighted by atomic mass is 9.84. The summed E-state index contributed by atoms with van der Waals surface area (Å²) in [5, 5.41) is 7.91. The Hall–Kier alpha value is -6.54. The molecule has 9 rings (SSSR count). The molecule has 6 aromatic rings. The van der Waals surface area contributed by atoms with Crippen molar-refractivity contribution in [1.29, 1.82) is 0 Å². The van der Waals surface area contributed by atoms with Crippen LogP contribution in [0.1, 0.15) is 87.7 Å². The zero-order chi connectivity index (χ0) is 44.5. The van der Waals surface area contributed by atoms with Gasteiger partial charge in [-0.05, 0) is 77.8 Å². The Bertz CT molecular complexity index is 2660. The standard InChI is InChI=1S/C50H56N8O6/c1-29(2)42(56-50(62)64-4)48(60)57-23-9-14-40(57)45-51-26-39(53-45)32-17-15-31(16-18-32)35-19-21-37-36(25-35)20-22-38-44(37)54-46(52-38)41-24-30(28-63-3)27-58(41)49(61)43(33-10-6-5-7-11-33)55-47(59)34-12-8-13-34/h5-7,10-11,15-22,25-26,29-30,34,40-43H,8-9,12-14,23-24,27-28H2,1-4H3,(H,51,53)(H,52,54)(H,55,59)(H,56,62)/t30-,40-,41-,42?,43+/m0/s1. The molecule has 0 radical (unpaired) electrons. The van der Waals surface area contributed by atoms with Gasteiger partial charge in [0.1, 0.15) is 23.7 Å². The Balaban J connectivity index is 0.933. The zero-order valence-electron chi connectivity index (χ0n) is 36.8. The van der Waals surface area contributed by atoms with Gasteiger partial charge in [0.15, 0.2) is 0 Å². The third-order valence-electron chi connectivity index (χ3n) is 13.4. The van der Waals surface area contributed by atoms with Crippen molar-refractivity contribution in [2.75, 3.05) is 33.9 Å². The van der Waals surface area contributed by atoms with Crippen LogP contribution in [0.15, 0.2) is 91.1 Å². The van der Waals surface area contributed by atoms with Crippen molar-refractivity contribution in [1.82, 2.24) is 40.4 Å². The van der Waals surface area contributed by atoms with E-state index < -0.39 is 18.2 Å². The molecule has 4 aromatic carbocycles. The lowest BCUT2D eigenvalue weighted by Crippen LogP contribution is -2.51. The summed E-state index contributed by atoms with van der Waals surface area (Å²) in [4.78, 5) is 74.1. The number of alkyl carbamates (subject to hydrolysis) is 1. The highest BCUT2D eigenvalue weighted by Crippen LogP contribution is 2.39. The summed E-state index contributed by atoms with van der Waals surface area (Å²) in [6, 6.07) is 26.4. The van der Waals surface area contributed by atoms with E-state index in [0.717, 1.165) is 93.5 Å². The van der Waals surface area contributed by atoms with E-state index in [2.05, 4.69) is 69.1 Å². The summed E-state index contributed by atoms with van der Waals surface area (Å²) in [7, 11) is 2.98. The number of ether oxygens (including phenoxy) is 2. The van der Waals surface area contributed by atoms with Crippen molar-refractivity contribution in [3.05, 3.63) is 108 Å². The molecule has 1 unspecified atom stereocenters. The first kappa shape index (κ1) is 42.7. The van der Waals surface area contributed by atoms with Crippen LogP contribution in [0.25, 0.3) is 44.2 Å². The van der Waals surface area contributed by atoms with Crippen LogP contribution in [0.2, 0.25) is 0 Å². The second-order valence-electron chi connectivity index (χ2n) is 17.9. The fourth-order valence-corrected chi connectivity index (χ4v) is 9.67. The van der Waals surface area contributed by atoms with Crippen LogP contribution in [0.5, 0.6) is 0 Å². The molecule has 2 saturated heterocycles. The summed E-state index contributed by atoms with van der Waals surface area (Å²) in [6.45, 7) is 5.41. The number of amides is 4. The number of aromatic amines is 2. The van der Waals surface area contributed by atoms with Gasteiger partial charge in [0.05, 0.1) is 48.7 Å². The first-order valence-electron chi connectivity index (χ1n) is 22.5. The number of nitrogens with zero attached hydrogens (tertiary/aromatic N) is 4. The Kier molecular flexibility index (Phi) is 12.2. The number of benzene rings is 4. The minimum Gasteiger partial charge on any atom is -0.453 e. The van der Waals surface area contributed by atoms with E-state index in [1.54, 1.807) is 7.11 Å². The van der Waals surface area contributed by atoms with Gasteiger partial charge in [-0.15, -0.1) is 0 Å². The molecule has 0 spiro atoms. The first-order valence-corrected chi connectivity index (χ1v) is 22.5. The molecular formula is C50H56N8O6. The highest BCUT2D eigenvalue weighted by molar-refractivity contribution is 6.05. The Morgan fingerprint density at radius 3 is 2.28 bits per heavy atom. The molecule has 14 heteroatoms. The lowest BCUT2D eigenvalue weighted by molar-refractivity contribution is -0.139. The molecule has 4 amide bonds. The number of hydrogen-bond donors (Lipinski definition) is 4. The van der Waals surface area contributed by atoms with Gasteiger partial charge >= 0.3 is 6.09 Å². The van der Waals surface area contributed by atoms with E-state index in [-0.39, 0.29) is 47.6 Å². The molecular weight excluding hydrogens is 809 g/mol. The number of imidazole rings is 2. The molecule has 1 saturated carbocycles. The molecule has 2 aliphatic heterocycles. The van der Waals surface area contributed by atoms with Gasteiger partial charge in [-0.1, -0.05) is 93.1 Å². The summed E-state index contributed by atoms with van der Waals surface area (Å²) < 4.78 is 10.4. The number of aromatic nitrogens is 4. The van der Waals surface area contributed by atoms with Crippen LogP contribution in [0.3, 0.4) is 0 Å². The Morgan fingerprint density at radius 2 is 1.56 bits per heavy atom. The Morgan fingerprint density at radius 1 is 0.797 bits per heavy atom. The normalized spacial score (nSPS) is 19.8. The van der Waals surface area contributed by atoms with Crippen molar-refractivity contribution in [2.45, 2.75) is 76.5 Å². The van der Waals surface area contributed by atoms with Gasteiger partial charge < -0.3 is 39.9 Å². The maximum absolute atomic E-state index is 14.6. The quantitative estimate of drug-likeness (QED) is 0.0904. The summed E-state index contributed by atoms with van der Waals surface area (Å²) >= 11 is 0. The van der Waals surface area contributed by atoms with Crippen LogP contribution in [0.4, 0.5) is 4.79 Å². The highest BCUT2D eigenvalue weighted by atomic mass is 16.5. The number of carbonyl (C=O) groups excluding carboxylic acids is 4. The predicted molar refractivity (Wildman–Crippen MR) is 244 cm³/mol. The molecule has 1 aliphatic carbocycles. The number of H-pyrrole nitrogens is 2. The van der Waals surface area contributed by atoms with Crippen LogP contribution in [-0.4, -0.2) is 93.5 Å². The molecule has 64 heavy (non-hydrogen) atoms. The minimum absolute atomic E-state index is 0.0489. The molecule has 0 bridgehead atoms. The average Bonchev–Trinajstić information content (AvgIpc) is 4.13. The summed E-state index contributed by atoms with van der Waals surface area (Å²) in [5.41, 5.74) is 6.45. The number of hydrogen-bond acceptors (Lipinski definition) is 8. The van der Waals surface area contributed by atoms with E-state index in [1.165, 1.54) is 7.11 Å². The van der Waals surface area contributed by atoms with Crippen molar-refractivity contribution in [3.8, 4) is 22.4 Å². The maximum Gasteiger partial charge on any atom is 0.407 e. The molecule has 5 atom stereocenters. The maximum atomic E-state index is 14.6. The van der Waals surface area contributed by atoms with Crippen molar-refractivity contribution in [3.63, 3.8) is 0 Å². The largest absolute Gasteiger partial charge is 0.453 e. The van der Waals surface area contributed by atoms with Crippen LogP contribution < -0.4 is 10.6 Å². The number of likely N-dealkylation sites (tertiary alicyclic amines) is 2. The van der Waals surface area contributed by atoms with Gasteiger partial charge in [0.2, 0.25) is 17.7 Å². The Labute approximate surface area is 372 Å². The smallest absolute Gasteiger partial charge is 0.407 e. The van der Waals surface area contributed by atoms with Crippen LogP contribution >= 0.6 is 0 Å². The van der Waals surface area contributed by atoms with Gasteiger partial charge in [-0.2, -0.15) is 0 Å². The zero-order valence-corrected chi connectivity index (χ0v) is 36.8. The lowest BCUT2D eigenvalue weighted by Gasteiger charge is -2.31. The number of fused-ring (bicyclic) bond motifs is 3. The second-order valence-corrected chi connectivity index (χ2v) is 17.9. The summed E-state index contributed by atoms with van der Waals surface area (Å²) in [6.07, 6.45) is 6.23. The highest BCUT2D eigenvalue weighted by Gasteiger charge is 2.42. The predicted octanol–water partition coefficient (Wildman–Crippen LogP) is 8.01. The third-order valence-corrected chi connectivity index (χ3v) is 13.4. The second kappa shape index (κ2) is 18.3. The summed E-state index contributed by atoms with van der Waals surface area (Å²) in [5.74, 6) is 1.04. The molecule has 14 nitrogen and oxygen atoms in total. The van der Waals surface area contributed by atoms with Crippen molar-refractivity contribution < 1.29 is 28.7 Å².